The highest BCUT2D eigenvalue weighted by molar-refractivity contribution is 6.30. The minimum atomic E-state index is -0.307. The summed E-state index contributed by atoms with van der Waals surface area (Å²) in [6.07, 6.45) is 0.600. The van der Waals surface area contributed by atoms with Crippen LogP contribution in [0.2, 0.25) is 5.02 Å². The molecule has 0 aliphatic heterocycles. The van der Waals surface area contributed by atoms with Crippen LogP contribution >= 0.6 is 23.2 Å². The van der Waals surface area contributed by atoms with E-state index in [0.29, 0.717) is 29.4 Å². The number of nitrogens with zero attached hydrogens (tertiary/aromatic N) is 2. The Morgan fingerprint density at radius 3 is 2.57 bits per heavy atom. The van der Waals surface area contributed by atoms with Crippen LogP contribution in [0.4, 0.5) is 4.39 Å². The maximum absolute atomic E-state index is 13.9. The van der Waals surface area contributed by atoms with Crippen LogP contribution in [0, 0.1) is 5.82 Å². The first-order chi connectivity index (χ1) is 10.2. The van der Waals surface area contributed by atoms with E-state index >= 15 is 0 Å². The Bertz CT molecular complexity index is 766. The Balaban J connectivity index is 2.08. The van der Waals surface area contributed by atoms with Crippen molar-refractivity contribution in [1.82, 2.24) is 9.55 Å². The van der Waals surface area contributed by atoms with Crippen LogP contribution in [0.15, 0.2) is 42.5 Å². The first-order valence-electron chi connectivity index (χ1n) is 6.63. The molecule has 108 valence electrons. The molecule has 0 fully saturated rings. The lowest BCUT2D eigenvalue weighted by Crippen LogP contribution is -2.05. The number of alkyl halides is 1. The standard InChI is InChI=1S/C16H13Cl2FN2/c17-9-8-15-20-16-13(19)2-1-3-14(16)21(15)10-11-4-6-12(18)7-5-11/h1-7H,8-10H2. The molecule has 1 aromatic heterocycles. The van der Waals surface area contributed by atoms with Crippen molar-refractivity contribution in [2.45, 2.75) is 13.0 Å². The lowest BCUT2D eigenvalue weighted by molar-refractivity contribution is 0.637. The lowest BCUT2D eigenvalue weighted by atomic mass is 10.2. The van der Waals surface area contributed by atoms with E-state index < -0.39 is 0 Å². The van der Waals surface area contributed by atoms with E-state index in [1.807, 2.05) is 34.9 Å². The van der Waals surface area contributed by atoms with E-state index in [2.05, 4.69) is 4.98 Å². The minimum Gasteiger partial charge on any atom is -0.323 e. The molecule has 0 aliphatic rings. The molecule has 0 N–H and O–H groups in total. The van der Waals surface area contributed by atoms with Crippen LogP contribution in [0.25, 0.3) is 11.0 Å². The Hall–Kier alpha value is -1.58. The SMILES string of the molecule is Fc1cccc2c1nc(CCCl)n2Cc1ccc(Cl)cc1. The molecule has 1 heterocycles. The molecule has 21 heavy (non-hydrogen) atoms. The third-order valence-corrected chi connectivity index (χ3v) is 3.82. The van der Waals surface area contributed by atoms with Gasteiger partial charge in [0.15, 0.2) is 5.82 Å². The third-order valence-electron chi connectivity index (χ3n) is 3.38. The van der Waals surface area contributed by atoms with Crippen molar-refractivity contribution in [3.8, 4) is 0 Å². The number of rotatable bonds is 4. The van der Waals surface area contributed by atoms with E-state index in [-0.39, 0.29) is 5.82 Å². The summed E-state index contributed by atoms with van der Waals surface area (Å²) in [4.78, 5) is 4.39. The van der Waals surface area contributed by atoms with Gasteiger partial charge in [-0.05, 0) is 29.8 Å². The molecule has 0 radical (unpaired) electrons. The predicted octanol–water partition coefficient (Wildman–Crippen LogP) is 4.66. The van der Waals surface area contributed by atoms with E-state index in [1.165, 1.54) is 6.07 Å². The summed E-state index contributed by atoms with van der Waals surface area (Å²) < 4.78 is 15.9. The minimum absolute atomic E-state index is 0.307. The van der Waals surface area contributed by atoms with E-state index in [1.54, 1.807) is 6.07 Å². The normalized spacial score (nSPS) is 11.2. The zero-order valence-corrected chi connectivity index (χ0v) is 12.7. The topological polar surface area (TPSA) is 17.8 Å². The van der Waals surface area contributed by atoms with Crippen molar-refractivity contribution in [2.24, 2.45) is 0 Å². The highest BCUT2D eigenvalue weighted by Gasteiger charge is 2.13. The van der Waals surface area contributed by atoms with Gasteiger partial charge in [0.1, 0.15) is 11.3 Å². The Morgan fingerprint density at radius 1 is 1.10 bits per heavy atom. The highest BCUT2D eigenvalue weighted by atomic mass is 35.5. The summed E-state index contributed by atoms with van der Waals surface area (Å²) in [5.41, 5.74) is 2.26. The fourth-order valence-electron chi connectivity index (χ4n) is 2.39. The second kappa shape index (κ2) is 6.04. The molecule has 0 saturated heterocycles. The smallest absolute Gasteiger partial charge is 0.151 e. The molecule has 0 aliphatic carbocycles. The average molecular weight is 323 g/mol. The maximum Gasteiger partial charge on any atom is 0.151 e. The molecule has 2 nitrogen and oxygen atoms in total. The van der Waals surface area contributed by atoms with Crippen molar-refractivity contribution in [1.29, 1.82) is 0 Å². The quantitative estimate of drug-likeness (QED) is 0.639. The number of hydrogen-bond donors (Lipinski definition) is 0. The average Bonchev–Trinajstić information content (AvgIpc) is 2.82. The molecule has 0 unspecified atom stereocenters. The van der Waals surface area contributed by atoms with Crippen molar-refractivity contribution in [3.05, 3.63) is 64.7 Å². The van der Waals surface area contributed by atoms with Gasteiger partial charge < -0.3 is 4.57 Å². The number of hydrogen-bond acceptors (Lipinski definition) is 1. The number of aromatic nitrogens is 2. The van der Waals surface area contributed by atoms with Crippen LogP contribution < -0.4 is 0 Å². The van der Waals surface area contributed by atoms with Crippen LogP contribution in [0.1, 0.15) is 11.4 Å². The number of benzene rings is 2. The van der Waals surface area contributed by atoms with E-state index in [4.69, 9.17) is 23.2 Å². The van der Waals surface area contributed by atoms with Gasteiger partial charge in [-0.3, -0.25) is 0 Å². The Morgan fingerprint density at radius 2 is 1.86 bits per heavy atom. The first kappa shape index (κ1) is 14.4. The van der Waals surface area contributed by atoms with E-state index in [0.717, 1.165) is 16.9 Å². The van der Waals surface area contributed by atoms with Gasteiger partial charge in [-0.15, -0.1) is 11.6 Å². The molecular weight excluding hydrogens is 310 g/mol. The van der Waals surface area contributed by atoms with Gasteiger partial charge in [-0.1, -0.05) is 29.8 Å². The van der Waals surface area contributed by atoms with Crippen molar-refractivity contribution in [2.75, 3.05) is 5.88 Å². The van der Waals surface area contributed by atoms with E-state index in [9.17, 15) is 4.39 Å². The monoisotopic (exact) mass is 322 g/mol. The predicted molar refractivity (Wildman–Crippen MR) is 84.7 cm³/mol. The van der Waals surface area contributed by atoms with Gasteiger partial charge >= 0.3 is 0 Å². The summed E-state index contributed by atoms with van der Waals surface area (Å²) in [5.74, 6) is 0.934. The second-order valence-electron chi connectivity index (χ2n) is 4.79. The molecule has 0 amide bonds. The molecule has 0 atom stereocenters. The third kappa shape index (κ3) is 2.89. The zero-order valence-electron chi connectivity index (χ0n) is 11.2. The Kier molecular flexibility index (Phi) is 4.13. The summed E-state index contributed by atoms with van der Waals surface area (Å²) in [6, 6.07) is 12.6. The lowest BCUT2D eigenvalue weighted by Gasteiger charge is -2.09. The molecule has 0 spiro atoms. The largest absolute Gasteiger partial charge is 0.323 e. The van der Waals surface area contributed by atoms with Gasteiger partial charge in [-0.2, -0.15) is 0 Å². The molecular formula is C16H13Cl2FN2. The first-order valence-corrected chi connectivity index (χ1v) is 7.54. The number of para-hydroxylation sites is 1. The van der Waals surface area contributed by atoms with Gasteiger partial charge in [0.25, 0.3) is 0 Å². The zero-order chi connectivity index (χ0) is 14.8. The molecule has 0 saturated carbocycles. The second-order valence-corrected chi connectivity index (χ2v) is 5.60. The summed E-state index contributed by atoms with van der Waals surface area (Å²) in [5, 5.41) is 0.696. The number of imidazole rings is 1. The molecule has 2 aromatic carbocycles. The van der Waals surface area contributed by atoms with Crippen LogP contribution in [0.5, 0.6) is 0 Å². The van der Waals surface area contributed by atoms with Crippen LogP contribution in [0.3, 0.4) is 0 Å². The summed E-state index contributed by atoms with van der Waals surface area (Å²) in [6.45, 7) is 0.614. The molecule has 0 bridgehead atoms. The van der Waals surface area contributed by atoms with Gasteiger partial charge in [0.05, 0.1) is 5.52 Å². The van der Waals surface area contributed by atoms with Gasteiger partial charge in [-0.25, -0.2) is 9.37 Å². The highest BCUT2D eigenvalue weighted by Crippen LogP contribution is 2.21. The molecule has 3 aromatic rings. The number of halogens is 3. The number of fused-ring (bicyclic) bond motifs is 1. The van der Waals surface area contributed by atoms with Gasteiger partial charge in [0, 0.05) is 23.9 Å². The van der Waals surface area contributed by atoms with Crippen LogP contribution in [-0.4, -0.2) is 15.4 Å². The van der Waals surface area contributed by atoms with Crippen molar-refractivity contribution >= 4 is 34.2 Å². The maximum atomic E-state index is 13.9. The fraction of sp³-hybridized carbons (Fsp3) is 0.188. The Labute approximate surface area is 132 Å². The molecule has 5 heteroatoms. The van der Waals surface area contributed by atoms with Crippen molar-refractivity contribution < 1.29 is 4.39 Å². The van der Waals surface area contributed by atoms with Crippen LogP contribution in [-0.2, 0) is 13.0 Å². The van der Waals surface area contributed by atoms with Gasteiger partial charge in [0.2, 0.25) is 0 Å². The molecule has 3 rings (SSSR count). The number of aryl methyl sites for hydroxylation is 1. The summed E-state index contributed by atoms with van der Waals surface area (Å²) >= 11 is 11.7. The van der Waals surface area contributed by atoms with Crippen molar-refractivity contribution in [3.63, 3.8) is 0 Å². The fourth-order valence-corrected chi connectivity index (χ4v) is 2.68. The summed E-state index contributed by atoms with van der Waals surface area (Å²) in [7, 11) is 0.